The number of carboxylic acids is 1. The first-order chi connectivity index (χ1) is 7.02. The van der Waals surface area contributed by atoms with Crippen LogP contribution in [0.5, 0.6) is 0 Å². The zero-order valence-corrected chi connectivity index (χ0v) is 8.41. The average molecular weight is 214 g/mol. The van der Waals surface area contributed by atoms with Gasteiger partial charge in [0.1, 0.15) is 0 Å². The largest absolute Gasteiger partial charge is 0.479 e. The van der Waals surface area contributed by atoms with Crippen molar-refractivity contribution in [3.63, 3.8) is 0 Å². The molecule has 0 radical (unpaired) electrons. The first-order valence-corrected chi connectivity index (χ1v) is 4.60. The van der Waals surface area contributed by atoms with Crippen LogP contribution in [-0.4, -0.2) is 47.8 Å². The molecule has 0 saturated carbocycles. The molecular formula is C9H14N2O4. The maximum absolute atomic E-state index is 11.4. The highest BCUT2D eigenvalue weighted by atomic mass is 16.4. The number of amides is 1. The number of nitrogens with one attached hydrogen (secondary N) is 2. The zero-order valence-electron chi connectivity index (χ0n) is 8.41. The number of aliphatic hydroxyl groups excluding tert-OH is 1. The lowest BCUT2D eigenvalue weighted by Crippen LogP contribution is -2.40. The number of hydrogen-bond donors (Lipinski definition) is 4. The van der Waals surface area contributed by atoms with Gasteiger partial charge in [0.15, 0.2) is 6.10 Å². The quantitative estimate of drug-likeness (QED) is 0.425. The van der Waals surface area contributed by atoms with Gasteiger partial charge in [-0.2, -0.15) is 0 Å². The van der Waals surface area contributed by atoms with E-state index >= 15 is 0 Å². The fourth-order valence-corrected chi connectivity index (χ4v) is 1.08. The SMILES string of the molecule is CC(C(=O)NC[C@H](O)C(=O)O)=C1CNC1. The molecule has 1 fully saturated rings. The summed E-state index contributed by atoms with van der Waals surface area (Å²) in [5.74, 6) is -1.67. The van der Waals surface area contributed by atoms with Gasteiger partial charge in [0, 0.05) is 18.7 Å². The number of carbonyl (C=O) groups excluding carboxylic acids is 1. The number of hydrogen-bond acceptors (Lipinski definition) is 4. The first-order valence-electron chi connectivity index (χ1n) is 4.60. The van der Waals surface area contributed by atoms with Crippen molar-refractivity contribution in [3.05, 3.63) is 11.1 Å². The summed E-state index contributed by atoms with van der Waals surface area (Å²) in [7, 11) is 0. The Morgan fingerprint density at radius 2 is 2.13 bits per heavy atom. The van der Waals surface area contributed by atoms with E-state index in [1.54, 1.807) is 6.92 Å². The summed E-state index contributed by atoms with van der Waals surface area (Å²) in [6, 6.07) is 0. The van der Waals surface area contributed by atoms with E-state index in [2.05, 4.69) is 10.6 Å². The Hall–Kier alpha value is -1.40. The minimum absolute atomic E-state index is 0.272. The number of carbonyl (C=O) groups is 2. The third kappa shape index (κ3) is 3.03. The lowest BCUT2D eigenvalue weighted by Gasteiger charge is -2.21. The molecular weight excluding hydrogens is 200 g/mol. The molecule has 1 saturated heterocycles. The maximum atomic E-state index is 11.4. The standard InChI is InChI=1S/C9H14N2O4/c1-5(6-2-10-3-6)8(13)11-4-7(12)9(14)15/h7,10,12H,2-4H2,1H3,(H,11,13)(H,14,15)/t7-/m0/s1. The molecule has 84 valence electrons. The number of aliphatic carboxylic acids is 1. The Bertz CT molecular complexity index is 305. The molecule has 1 aliphatic heterocycles. The van der Waals surface area contributed by atoms with E-state index in [-0.39, 0.29) is 12.5 Å². The molecule has 1 amide bonds. The predicted octanol–water partition coefficient (Wildman–Crippen LogP) is -1.53. The van der Waals surface area contributed by atoms with Gasteiger partial charge in [-0.15, -0.1) is 0 Å². The van der Waals surface area contributed by atoms with Crippen molar-refractivity contribution in [3.8, 4) is 0 Å². The van der Waals surface area contributed by atoms with Crippen molar-refractivity contribution in [2.45, 2.75) is 13.0 Å². The highest BCUT2D eigenvalue weighted by Gasteiger charge is 2.18. The minimum Gasteiger partial charge on any atom is -0.479 e. The van der Waals surface area contributed by atoms with Crippen molar-refractivity contribution in [2.75, 3.05) is 19.6 Å². The van der Waals surface area contributed by atoms with Crippen LogP contribution in [0, 0.1) is 0 Å². The first kappa shape index (κ1) is 11.7. The van der Waals surface area contributed by atoms with Gasteiger partial charge in [0.25, 0.3) is 0 Å². The minimum atomic E-state index is -1.55. The van der Waals surface area contributed by atoms with Crippen LogP contribution < -0.4 is 10.6 Å². The third-order valence-corrected chi connectivity index (χ3v) is 2.29. The molecule has 0 aromatic carbocycles. The van der Waals surface area contributed by atoms with Crippen molar-refractivity contribution < 1.29 is 19.8 Å². The fourth-order valence-electron chi connectivity index (χ4n) is 1.08. The van der Waals surface area contributed by atoms with E-state index < -0.39 is 12.1 Å². The van der Waals surface area contributed by atoms with Crippen LogP contribution in [0.1, 0.15) is 6.92 Å². The Morgan fingerprint density at radius 1 is 1.53 bits per heavy atom. The van der Waals surface area contributed by atoms with E-state index in [4.69, 9.17) is 10.2 Å². The van der Waals surface area contributed by atoms with Crippen LogP contribution in [0.15, 0.2) is 11.1 Å². The van der Waals surface area contributed by atoms with Crippen molar-refractivity contribution >= 4 is 11.9 Å². The number of rotatable bonds is 4. The molecule has 1 atom stereocenters. The Kier molecular flexibility index (Phi) is 3.81. The lowest BCUT2D eigenvalue weighted by molar-refractivity contribution is -0.146. The van der Waals surface area contributed by atoms with Crippen LogP contribution in [0.2, 0.25) is 0 Å². The van der Waals surface area contributed by atoms with Crippen molar-refractivity contribution in [1.82, 2.24) is 10.6 Å². The van der Waals surface area contributed by atoms with Gasteiger partial charge >= 0.3 is 5.97 Å². The maximum Gasteiger partial charge on any atom is 0.334 e. The molecule has 0 aromatic heterocycles. The third-order valence-electron chi connectivity index (χ3n) is 2.29. The second kappa shape index (κ2) is 4.90. The van der Waals surface area contributed by atoms with E-state index in [9.17, 15) is 9.59 Å². The second-order valence-electron chi connectivity index (χ2n) is 3.40. The van der Waals surface area contributed by atoms with Crippen LogP contribution in [-0.2, 0) is 9.59 Å². The summed E-state index contributed by atoms with van der Waals surface area (Å²) in [4.78, 5) is 21.7. The molecule has 1 heterocycles. The summed E-state index contributed by atoms with van der Waals surface area (Å²) >= 11 is 0. The summed E-state index contributed by atoms with van der Waals surface area (Å²) in [5.41, 5.74) is 1.60. The molecule has 0 bridgehead atoms. The molecule has 1 aliphatic rings. The highest BCUT2D eigenvalue weighted by molar-refractivity contribution is 5.94. The molecule has 6 nitrogen and oxygen atoms in total. The van der Waals surface area contributed by atoms with Gasteiger partial charge < -0.3 is 20.8 Å². The zero-order chi connectivity index (χ0) is 11.4. The highest BCUT2D eigenvalue weighted by Crippen LogP contribution is 2.08. The molecule has 4 N–H and O–H groups in total. The van der Waals surface area contributed by atoms with Gasteiger partial charge in [-0.25, -0.2) is 4.79 Å². The van der Waals surface area contributed by atoms with Crippen LogP contribution in [0.4, 0.5) is 0 Å². The molecule has 15 heavy (non-hydrogen) atoms. The number of carboxylic acid groups (broad SMARTS) is 1. The van der Waals surface area contributed by atoms with Gasteiger partial charge in [-0.3, -0.25) is 4.79 Å². The smallest absolute Gasteiger partial charge is 0.334 e. The number of aliphatic hydroxyl groups is 1. The molecule has 0 spiro atoms. The second-order valence-corrected chi connectivity index (χ2v) is 3.40. The lowest BCUT2D eigenvalue weighted by atomic mass is 10.0. The van der Waals surface area contributed by atoms with Crippen LogP contribution in [0.3, 0.4) is 0 Å². The monoisotopic (exact) mass is 214 g/mol. The summed E-state index contributed by atoms with van der Waals surface area (Å²) in [6.07, 6.45) is -1.55. The molecule has 0 aliphatic carbocycles. The van der Waals surface area contributed by atoms with Crippen molar-refractivity contribution in [1.29, 1.82) is 0 Å². The van der Waals surface area contributed by atoms with Crippen molar-refractivity contribution in [2.24, 2.45) is 0 Å². The Morgan fingerprint density at radius 3 is 2.53 bits per heavy atom. The van der Waals surface area contributed by atoms with E-state index in [0.717, 1.165) is 5.57 Å². The fraction of sp³-hybridized carbons (Fsp3) is 0.556. The molecule has 1 rings (SSSR count). The Balaban J connectivity index is 2.39. The molecule has 0 aromatic rings. The summed E-state index contributed by atoms with van der Waals surface area (Å²) < 4.78 is 0. The Labute approximate surface area is 87.0 Å². The topological polar surface area (TPSA) is 98.7 Å². The summed E-state index contributed by atoms with van der Waals surface area (Å²) in [6.45, 7) is 2.80. The van der Waals surface area contributed by atoms with Gasteiger partial charge in [-0.05, 0) is 12.5 Å². The van der Waals surface area contributed by atoms with E-state index in [0.29, 0.717) is 18.7 Å². The van der Waals surface area contributed by atoms with Gasteiger partial charge in [0.05, 0.1) is 6.54 Å². The van der Waals surface area contributed by atoms with E-state index in [1.807, 2.05) is 0 Å². The normalized spacial score (nSPS) is 16.5. The predicted molar refractivity (Wildman–Crippen MR) is 52.2 cm³/mol. The average Bonchev–Trinajstić information content (AvgIpc) is 2.10. The van der Waals surface area contributed by atoms with Crippen LogP contribution >= 0.6 is 0 Å². The van der Waals surface area contributed by atoms with Gasteiger partial charge in [-0.1, -0.05) is 0 Å². The molecule has 6 heteroatoms. The van der Waals surface area contributed by atoms with E-state index in [1.165, 1.54) is 0 Å². The molecule has 0 unspecified atom stereocenters. The summed E-state index contributed by atoms with van der Waals surface area (Å²) in [5, 5.41) is 22.7. The van der Waals surface area contributed by atoms with Gasteiger partial charge in [0.2, 0.25) is 5.91 Å². The van der Waals surface area contributed by atoms with Crippen LogP contribution in [0.25, 0.3) is 0 Å².